The number of nitrogen functional groups attached to an aromatic ring is 1. The number of piperidine rings is 1. The number of nitriles is 1. The molecule has 9 heteroatoms. The molecule has 1 aliphatic carbocycles. The number of rotatable bonds is 7. The predicted molar refractivity (Wildman–Crippen MR) is 127 cm³/mol. The molecule has 3 amide bonds. The molecule has 1 saturated heterocycles. The summed E-state index contributed by atoms with van der Waals surface area (Å²) in [5, 5.41) is 12.9. The maximum Gasteiger partial charge on any atom is 0.324 e. The van der Waals surface area contributed by atoms with Crippen molar-refractivity contribution in [2.75, 3.05) is 52.0 Å². The second kappa shape index (κ2) is 10.6. The second-order valence-electron chi connectivity index (χ2n) is 8.81. The maximum atomic E-state index is 13.5. The van der Waals surface area contributed by atoms with Gasteiger partial charge in [0.15, 0.2) is 0 Å². The highest BCUT2D eigenvalue weighted by Gasteiger charge is 2.43. The zero-order valence-electron chi connectivity index (χ0n) is 19.7. The summed E-state index contributed by atoms with van der Waals surface area (Å²) in [5.74, 6) is -0.0525. The number of likely N-dealkylation sites (N-methyl/N-ethyl adjacent to an activating group) is 2. The number of imide groups is 1. The number of nitrogens with one attached hydrogen (secondary N) is 1. The van der Waals surface area contributed by atoms with Gasteiger partial charge < -0.3 is 20.9 Å². The Labute approximate surface area is 195 Å². The number of likely N-dealkylation sites (tertiary alicyclic amines) is 1. The largest absolute Gasteiger partial charge is 0.389 e. The zero-order chi connectivity index (χ0) is 23.4. The molecule has 1 aromatic rings. The van der Waals surface area contributed by atoms with Crippen LogP contribution in [-0.2, 0) is 17.6 Å². The minimum atomic E-state index is -0.308. The van der Waals surface area contributed by atoms with Crippen LogP contribution < -0.4 is 11.1 Å². The topological polar surface area (TPSA) is 106 Å². The first-order chi connectivity index (χ1) is 15.3. The fourth-order valence-corrected chi connectivity index (χ4v) is 6.31. The van der Waals surface area contributed by atoms with Gasteiger partial charge in [0.2, 0.25) is 5.91 Å². The second-order valence-corrected chi connectivity index (χ2v) is 9.95. The van der Waals surface area contributed by atoms with Gasteiger partial charge in [0.25, 0.3) is 0 Å². The molecule has 3 atom stereocenters. The number of amides is 3. The number of hydrogen-bond donors (Lipinski definition) is 2. The van der Waals surface area contributed by atoms with Crippen molar-refractivity contribution in [3.05, 3.63) is 16.0 Å². The van der Waals surface area contributed by atoms with Crippen molar-refractivity contribution < 1.29 is 9.59 Å². The smallest absolute Gasteiger partial charge is 0.324 e. The molecule has 0 aromatic carbocycles. The maximum absolute atomic E-state index is 13.5. The minimum Gasteiger partial charge on any atom is -0.389 e. The Kier molecular flexibility index (Phi) is 8.15. The monoisotopic (exact) mass is 460 g/mol. The van der Waals surface area contributed by atoms with E-state index in [0.29, 0.717) is 42.8 Å². The molecule has 0 spiro atoms. The average Bonchev–Trinajstić information content (AvgIpc) is 3.09. The number of nitrogens with zero attached hydrogens (tertiary/aromatic N) is 4. The number of hydrogen-bond acceptors (Lipinski definition) is 7. The lowest BCUT2D eigenvalue weighted by Gasteiger charge is -2.45. The van der Waals surface area contributed by atoms with Crippen LogP contribution in [0.25, 0.3) is 0 Å². The van der Waals surface area contributed by atoms with Gasteiger partial charge in [0, 0.05) is 37.1 Å². The molecular formula is C23H36N6O2S. The summed E-state index contributed by atoms with van der Waals surface area (Å²) in [6, 6.07) is 2.30. The van der Waals surface area contributed by atoms with E-state index in [1.165, 1.54) is 21.1 Å². The van der Waals surface area contributed by atoms with Crippen molar-refractivity contribution in [3.63, 3.8) is 0 Å². The molecule has 32 heavy (non-hydrogen) atoms. The quantitative estimate of drug-likeness (QED) is 0.646. The van der Waals surface area contributed by atoms with Crippen LogP contribution in [0.4, 0.5) is 9.80 Å². The zero-order valence-corrected chi connectivity index (χ0v) is 20.5. The molecule has 2 heterocycles. The Morgan fingerprint density at radius 3 is 2.59 bits per heavy atom. The number of carbonyl (C=O) groups excluding carboxylic acids is 2. The fourth-order valence-electron chi connectivity index (χ4n) is 5.21. The molecule has 0 radical (unpaired) electrons. The standard InChI is InChI=1S/C23H36N6O2S/c1-5-26-23(31)29(9-8-28(6-2)7-3)22(30)16-10-15-11-17-18(13-24)21(25)32-20(17)12-19(15)27(4)14-16/h15-16,19H,5-12,14,25H2,1-4H3,(H,26,31)/t15-,16-,19-/m1/s1. The number of anilines is 1. The van der Waals surface area contributed by atoms with Crippen LogP contribution in [0.3, 0.4) is 0 Å². The molecule has 0 unspecified atom stereocenters. The summed E-state index contributed by atoms with van der Waals surface area (Å²) in [6.07, 6.45) is 2.37. The van der Waals surface area contributed by atoms with E-state index >= 15 is 0 Å². The summed E-state index contributed by atoms with van der Waals surface area (Å²) >= 11 is 1.53. The first kappa shape index (κ1) is 24.5. The van der Waals surface area contributed by atoms with Gasteiger partial charge in [-0.1, -0.05) is 13.8 Å². The summed E-state index contributed by atoms with van der Waals surface area (Å²) in [4.78, 5) is 33.4. The van der Waals surface area contributed by atoms with Crippen molar-refractivity contribution in [1.29, 1.82) is 5.26 Å². The first-order valence-electron chi connectivity index (χ1n) is 11.7. The lowest BCUT2D eigenvalue weighted by molar-refractivity contribution is -0.136. The molecule has 3 rings (SSSR count). The fraction of sp³-hybridized carbons (Fsp3) is 0.696. The molecule has 176 valence electrons. The van der Waals surface area contributed by atoms with E-state index in [-0.39, 0.29) is 23.8 Å². The summed E-state index contributed by atoms with van der Waals surface area (Å²) in [5.41, 5.74) is 7.77. The Hall–Kier alpha value is -2.15. The van der Waals surface area contributed by atoms with E-state index in [9.17, 15) is 14.9 Å². The van der Waals surface area contributed by atoms with Gasteiger partial charge >= 0.3 is 6.03 Å². The van der Waals surface area contributed by atoms with Crippen LogP contribution in [0.15, 0.2) is 0 Å². The molecule has 1 fully saturated rings. The van der Waals surface area contributed by atoms with Crippen molar-refractivity contribution in [2.24, 2.45) is 11.8 Å². The van der Waals surface area contributed by atoms with Gasteiger partial charge in [-0.15, -0.1) is 11.3 Å². The molecule has 2 aliphatic rings. The summed E-state index contributed by atoms with van der Waals surface area (Å²) < 4.78 is 0. The van der Waals surface area contributed by atoms with Crippen LogP contribution in [0.1, 0.15) is 43.2 Å². The van der Waals surface area contributed by atoms with Crippen LogP contribution >= 0.6 is 11.3 Å². The lowest BCUT2D eigenvalue weighted by atomic mass is 9.74. The third-order valence-electron chi connectivity index (χ3n) is 7.02. The van der Waals surface area contributed by atoms with Crippen molar-refractivity contribution in [2.45, 2.75) is 46.1 Å². The lowest BCUT2D eigenvalue weighted by Crippen LogP contribution is -2.56. The predicted octanol–water partition coefficient (Wildman–Crippen LogP) is 2.14. The van der Waals surface area contributed by atoms with Gasteiger partial charge in [-0.2, -0.15) is 5.26 Å². The molecular weight excluding hydrogens is 424 g/mol. The van der Waals surface area contributed by atoms with Gasteiger partial charge in [0.1, 0.15) is 11.1 Å². The van der Waals surface area contributed by atoms with E-state index in [1.807, 2.05) is 6.92 Å². The first-order valence-corrected chi connectivity index (χ1v) is 12.5. The summed E-state index contributed by atoms with van der Waals surface area (Å²) in [6.45, 7) is 10.0. The molecule has 8 nitrogen and oxygen atoms in total. The van der Waals surface area contributed by atoms with Crippen LogP contribution in [0.5, 0.6) is 0 Å². The number of fused-ring (bicyclic) bond motifs is 2. The van der Waals surface area contributed by atoms with Crippen molar-refractivity contribution in [3.8, 4) is 6.07 Å². The van der Waals surface area contributed by atoms with Crippen molar-refractivity contribution in [1.82, 2.24) is 20.0 Å². The van der Waals surface area contributed by atoms with Crippen LogP contribution in [-0.4, -0.2) is 79.0 Å². The third-order valence-corrected chi connectivity index (χ3v) is 8.10. The highest BCUT2D eigenvalue weighted by molar-refractivity contribution is 7.16. The minimum absolute atomic E-state index is 0.0930. The Bertz CT molecular complexity index is 875. The SMILES string of the molecule is CCNC(=O)N(CCN(CC)CC)C(=O)[C@@H]1C[C@@H]2Cc3c(sc(N)c3C#N)C[C@H]2N(C)C1. The van der Waals surface area contributed by atoms with Crippen LogP contribution in [0, 0.1) is 23.2 Å². The van der Waals surface area contributed by atoms with E-state index in [1.54, 1.807) is 0 Å². The third kappa shape index (κ3) is 4.92. The van der Waals surface area contributed by atoms with Crippen molar-refractivity contribution >= 4 is 28.3 Å². The normalized spacial score (nSPS) is 22.7. The van der Waals surface area contributed by atoms with Crippen LogP contribution in [0.2, 0.25) is 0 Å². The van der Waals surface area contributed by atoms with E-state index in [0.717, 1.165) is 37.9 Å². The van der Waals surface area contributed by atoms with Gasteiger partial charge in [-0.05, 0) is 57.8 Å². The summed E-state index contributed by atoms with van der Waals surface area (Å²) in [7, 11) is 2.07. The molecule has 0 saturated carbocycles. The number of carbonyl (C=O) groups is 2. The number of thiophene rings is 1. The Balaban J connectivity index is 1.77. The highest BCUT2D eigenvalue weighted by Crippen LogP contribution is 2.42. The number of urea groups is 1. The number of nitrogens with two attached hydrogens (primary N) is 1. The van der Waals surface area contributed by atoms with Gasteiger partial charge in [-0.3, -0.25) is 9.69 Å². The average molecular weight is 461 g/mol. The van der Waals surface area contributed by atoms with Gasteiger partial charge in [0.05, 0.1) is 11.5 Å². The Morgan fingerprint density at radius 1 is 1.25 bits per heavy atom. The molecule has 1 aromatic heterocycles. The van der Waals surface area contributed by atoms with E-state index in [4.69, 9.17) is 5.73 Å². The molecule has 1 aliphatic heterocycles. The highest BCUT2D eigenvalue weighted by atomic mass is 32.1. The van der Waals surface area contributed by atoms with E-state index in [2.05, 4.69) is 42.1 Å². The molecule has 3 N–H and O–H groups in total. The Morgan fingerprint density at radius 2 is 1.97 bits per heavy atom. The molecule has 0 bridgehead atoms. The van der Waals surface area contributed by atoms with E-state index < -0.39 is 0 Å². The van der Waals surface area contributed by atoms with Gasteiger partial charge in [-0.25, -0.2) is 4.79 Å².